The minimum Gasteiger partial charge on any atom is -0.381 e. The molecule has 2 aromatic rings. The molecule has 0 amide bonds. The van der Waals surface area contributed by atoms with Crippen molar-refractivity contribution in [2.24, 2.45) is 0 Å². The first kappa shape index (κ1) is 13.7. The van der Waals surface area contributed by atoms with Gasteiger partial charge in [0.05, 0.1) is 11.8 Å². The number of nitrogens with one attached hydrogen (secondary N) is 1. The summed E-state index contributed by atoms with van der Waals surface area (Å²) >= 11 is 0. The van der Waals surface area contributed by atoms with Crippen LogP contribution in [0.2, 0.25) is 0 Å². The molecule has 0 unspecified atom stereocenters. The average Bonchev–Trinajstić information content (AvgIpc) is 3.17. The normalized spacial score (nSPS) is 17.5. The van der Waals surface area contributed by atoms with Crippen molar-refractivity contribution >= 4 is 0 Å². The van der Waals surface area contributed by atoms with Crippen molar-refractivity contribution in [3.63, 3.8) is 0 Å². The van der Waals surface area contributed by atoms with Crippen LogP contribution >= 0.6 is 0 Å². The van der Waals surface area contributed by atoms with Gasteiger partial charge in [0.2, 0.25) is 5.82 Å². The molecule has 0 spiro atoms. The molecule has 0 bridgehead atoms. The van der Waals surface area contributed by atoms with Crippen molar-refractivity contribution < 1.29 is 14.0 Å². The molecule has 3 rings (SSSR count). The van der Waals surface area contributed by atoms with Crippen LogP contribution in [0.1, 0.15) is 31.3 Å². The lowest BCUT2D eigenvalue weighted by molar-refractivity contribution is -0.118. The molecule has 1 N–H and O–H groups in total. The fourth-order valence-electron chi connectivity index (χ4n) is 2.46. The van der Waals surface area contributed by atoms with E-state index < -0.39 is 5.60 Å². The summed E-state index contributed by atoms with van der Waals surface area (Å²) in [6.07, 6.45) is 2.85. The molecule has 110 valence electrons. The Balaban J connectivity index is 1.95. The van der Waals surface area contributed by atoms with Gasteiger partial charge in [-0.25, -0.2) is 0 Å². The molecule has 0 saturated carbocycles. The third-order valence-electron chi connectivity index (χ3n) is 3.54. The summed E-state index contributed by atoms with van der Waals surface area (Å²) in [6.45, 7) is 3.68. The number of aromatic nitrogens is 4. The van der Waals surface area contributed by atoms with Crippen molar-refractivity contribution in [1.82, 2.24) is 20.3 Å². The topological polar surface area (TPSA) is 110 Å². The van der Waals surface area contributed by atoms with E-state index in [0.29, 0.717) is 49.7 Å². The van der Waals surface area contributed by atoms with Gasteiger partial charge in [0.25, 0.3) is 5.89 Å². The summed E-state index contributed by atoms with van der Waals surface area (Å²) in [7, 11) is 0. The maximum atomic E-state index is 9.01. The number of H-pyrrole nitrogens is 1. The molecule has 8 heteroatoms. The minimum absolute atomic E-state index is 0.265. The third kappa shape index (κ3) is 2.41. The number of aromatic amines is 1. The van der Waals surface area contributed by atoms with Gasteiger partial charge in [-0.3, -0.25) is 5.10 Å². The van der Waals surface area contributed by atoms with Crippen molar-refractivity contribution in [3.05, 3.63) is 17.7 Å². The Labute approximate surface area is 121 Å². The molecule has 0 atom stereocenters. The van der Waals surface area contributed by atoms with Gasteiger partial charge in [0, 0.05) is 32.7 Å². The number of ether oxygens (including phenoxy) is 2. The van der Waals surface area contributed by atoms with Crippen LogP contribution in [0.5, 0.6) is 0 Å². The summed E-state index contributed by atoms with van der Waals surface area (Å²) < 4.78 is 16.6. The first-order valence-corrected chi connectivity index (χ1v) is 6.79. The quantitative estimate of drug-likeness (QED) is 0.905. The monoisotopic (exact) mass is 289 g/mol. The highest BCUT2D eigenvalue weighted by atomic mass is 16.5. The Morgan fingerprint density at radius 1 is 1.48 bits per heavy atom. The lowest BCUT2D eigenvalue weighted by Crippen LogP contribution is -2.37. The fourth-order valence-corrected chi connectivity index (χ4v) is 2.46. The number of hydrogen-bond acceptors (Lipinski definition) is 7. The standard InChI is InChI=1S/C13H15N5O3/c1-2-20-13(3-5-19-6-4-13)12-16-11(21-18-12)9-8-15-17-10(9)7-14/h8H,2-6H2,1H3,(H,15,17). The highest BCUT2D eigenvalue weighted by molar-refractivity contribution is 5.59. The molecule has 0 aromatic carbocycles. The molecule has 21 heavy (non-hydrogen) atoms. The van der Waals surface area contributed by atoms with Gasteiger partial charge in [-0.05, 0) is 6.92 Å². The van der Waals surface area contributed by atoms with Crippen LogP contribution in [0.4, 0.5) is 0 Å². The van der Waals surface area contributed by atoms with E-state index in [9.17, 15) is 0 Å². The van der Waals surface area contributed by atoms with Gasteiger partial charge < -0.3 is 14.0 Å². The number of rotatable bonds is 4. The molecule has 1 fully saturated rings. The van der Waals surface area contributed by atoms with Crippen molar-refractivity contribution in [2.75, 3.05) is 19.8 Å². The molecule has 1 saturated heterocycles. The summed E-state index contributed by atoms with van der Waals surface area (Å²) in [5, 5.41) is 19.5. The predicted molar refractivity (Wildman–Crippen MR) is 70.0 cm³/mol. The second-order valence-electron chi connectivity index (χ2n) is 4.73. The Morgan fingerprint density at radius 3 is 3.00 bits per heavy atom. The second-order valence-corrected chi connectivity index (χ2v) is 4.73. The maximum absolute atomic E-state index is 9.01. The van der Waals surface area contributed by atoms with E-state index in [-0.39, 0.29) is 5.89 Å². The second kappa shape index (κ2) is 5.63. The zero-order valence-corrected chi connectivity index (χ0v) is 11.6. The summed E-state index contributed by atoms with van der Waals surface area (Å²) in [5.41, 5.74) is 0.211. The van der Waals surface area contributed by atoms with Gasteiger partial charge in [0.15, 0.2) is 0 Å². The van der Waals surface area contributed by atoms with E-state index >= 15 is 0 Å². The third-order valence-corrected chi connectivity index (χ3v) is 3.54. The van der Waals surface area contributed by atoms with Gasteiger partial charge >= 0.3 is 0 Å². The van der Waals surface area contributed by atoms with E-state index in [1.54, 1.807) is 0 Å². The number of hydrogen-bond donors (Lipinski definition) is 1. The number of nitrogens with zero attached hydrogens (tertiary/aromatic N) is 4. The highest BCUT2D eigenvalue weighted by Crippen LogP contribution is 2.35. The highest BCUT2D eigenvalue weighted by Gasteiger charge is 2.40. The molecular weight excluding hydrogens is 274 g/mol. The van der Waals surface area contributed by atoms with Gasteiger partial charge in [-0.15, -0.1) is 0 Å². The molecule has 1 aliphatic rings. The van der Waals surface area contributed by atoms with Gasteiger partial charge in [-0.1, -0.05) is 5.16 Å². The minimum atomic E-state index is -0.578. The molecule has 0 aliphatic carbocycles. The van der Waals surface area contributed by atoms with Gasteiger partial charge in [0.1, 0.15) is 17.4 Å². The lowest BCUT2D eigenvalue weighted by Gasteiger charge is -2.33. The Kier molecular flexibility index (Phi) is 3.68. The lowest BCUT2D eigenvalue weighted by atomic mass is 9.93. The van der Waals surface area contributed by atoms with Crippen LogP contribution in [0, 0.1) is 11.3 Å². The Morgan fingerprint density at radius 2 is 2.29 bits per heavy atom. The SMILES string of the molecule is CCOC1(c2noc(-c3cn[nH]c3C#N)n2)CCOCC1. The Bertz CT molecular complexity index is 645. The van der Waals surface area contributed by atoms with Crippen molar-refractivity contribution in [2.45, 2.75) is 25.4 Å². The van der Waals surface area contributed by atoms with E-state index in [4.69, 9.17) is 19.3 Å². The smallest absolute Gasteiger partial charge is 0.262 e. The number of nitriles is 1. The van der Waals surface area contributed by atoms with Crippen LogP contribution in [0.25, 0.3) is 11.5 Å². The largest absolute Gasteiger partial charge is 0.381 e. The van der Waals surface area contributed by atoms with E-state index in [2.05, 4.69) is 20.3 Å². The molecule has 2 aromatic heterocycles. The first-order valence-electron chi connectivity index (χ1n) is 6.79. The average molecular weight is 289 g/mol. The Hall–Kier alpha value is -2.24. The fraction of sp³-hybridized carbons (Fsp3) is 0.538. The van der Waals surface area contributed by atoms with Crippen molar-refractivity contribution in [1.29, 1.82) is 5.26 Å². The van der Waals surface area contributed by atoms with E-state index in [1.165, 1.54) is 6.20 Å². The first-order chi connectivity index (χ1) is 10.3. The van der Waals surface area contributed by atoms with Crippen LogP contribution < -0.4 is 0 Å². The molecule has 3 heterocycles. The summed E-state index contributed by atoms with van der Waals surface area (Å²) in [4.78, 5) is 4.41. The van der Waals surface area contributed by atoms with Crippen LogP contribution in [0.3, 0.4) is 0 Å². The van der Waals surface area contributed by atoms with Crippen LogP contribution in [-0.4, -0.2) is 40.2 Å². The summed E-state index contributed by atoms with van der Waals surface area (Å²) in [5.74, 6) is 0.758. The van der Waals surface area contributed by atoms with Crippen LogP contribution in [0.15, 0.2) is 10.7 Å². The molecular formula is C13H15N5O3. The summed E-state index contributed by atoms with van der Waals surface area (Å²) in [6, 6.07) is 2.00. The zero-order chi connectivity index (χ0) is 14.7. The van der Waals surface area contributed by atoms with E-state index in [0.717, 1.165) is 0 Å². The van der Waals surface area contributed by atoms with Crippen LogP contribution in [-0.2, 0) is 15.1 Å². The predicted octanol–water partition coefficient (Wildman–Crippen LogP) is 1.37. The van der Waals surface area contributed by atoms with Gasteiger partial charge in [-0.2, -0.15) is 15.3 Å². The van der Waals surface area contributed by atoms with Crippen molar-refractivity contribution in [3.8, 4) is 17.5 Å². The molecule has 1 aliphatic heterocycles. The van der Waals surface area contributed by atoms with E-state index in [1.807, 2.05) is 13.0 Å². The molecule has 0 radical (unpaired) electrons. The maximum Gasteiger partial charge on any atom is 0.262 e. The zero-order valence-electron chi connectivity index (χ0n) is 11.6. The molecule has 8 nitrogen and oxygen atoms in total.